The Kier molecular flexibility index (Phi) is 3.43. The van der Waals surface area contributed by atoms with E-state index in [1.54, 1.807) is 5.48 Å². The van der Waals surface area contributed by atoms with E-state index >= 15 is 0 Å². The summed E-state index contributed by atoms with van der Waals surface area (Å²) in [5.74, 6) is 0.0306. The molecule has 1 aliphatic heterocycles. The van der Waals surface area contributed by atoms with Crippen molar-refractivity contribution in [2.24, 2.45) is 0 Å². The minimum absolute atomic E-state index is 0.0306. The van der Waals surface area contributed by atoms with Crippen LogP contribution in [0.3, 0.4) is 0 Å². The van der Waals surface area contributed by atoms with Gasteiger partial charge in [0.1, 0.15) is 6.10 Å². The Morgan fingerprint density at radius 1 is 1.65 bits per heavy atom. The van der Waals surface area contributed by atoms with Crippen molar-refractivity contribution in [1.82, 2.24) is 9.55 Å². The zero-order chi connectivity index (χ0) is 12.4. The Bertz CT molecular complexity index is 501. The molecule has 17 heavy (non-hydrogen) atoms. The van der Waals surface area contributed by atoms with E-state index in [1.165, 1.54) is 18.3 Å². The number of hydrogen-bond acceptors (Lipinski definition) is 6. The fourth-order valence-electron chi connectivity index (χ4n) is 1.48. The Labute approximate surface area is 101 Å². The fraction of sp³-hybridized carbons (Fsp3) is 0.333. The van der Waals surface area contributed by atoms with Crippen LogP contribution in [0.25, 0.3) is 0 Å². The molecule has 0 saturated heterocycles. The van der Waals surface area contributed by atoms with Crippen LogP contribution in [0.1, 0.15) is 6.23 Å². The number of hydrogen-bond donors (Lipinski definition) is 3. The molecule has 1 aliphatic rings. The third-order valence-electron chi connectivity index (χ3n) is 2.26. The lowest BCUT2D eigenvalue weighted by atomic mass is 10.4. The van der Waals surface area contributed by atoms with E-state index < -0.39 is 18.0 Å². The van der Waals surface area contributed by atoms with E-state index in [0.29, 0.717) is 5.03 Å². The third kappa shape index (κ3) is 2.32. The van der Waals surface area contributed by atoms with Crippen molar-refractivity contribution < 1.29 is 15.1 Å². The van der Waals surface area contributed by atoms with Crippen molar-refractivity contribution >= 4 is 17.4 Å². The van der Waals surface area contributed by atoms with E-state index in [2.05, 4.69) is 4.98 Å². The molecule has 92 valence electrons. The molecule has 0 saturated carbocycles. The van der Waals surface area contributed by atoms with Gasteiger partial charge in [-0.05, 0) is 12.1 Å². The summed E-state index contributed by atoms with van der Waals surface area (Å²) in [5.41, 5.74) is 1.14. The number of aliphatic hydroxyl groups is 1. The zero-order valence-electron chi connectivity index (χ0n) is 8.58. The van der Waals surface area contributed by atoms with Crippen LogP contribution in [-0.2, 0) is 4.74 Å². The lowest BCUT2D eigenvalue weighted by Gasteiger charge is -2.15. The summed E-state index contributed by atoms with van der Waals surface area (Å²) >= 11 is 5.90. The van der Waals surface area contributed by atoms with Gasteiger partial charge < -0.3 is 9.84 Å². The van der Waals surface area contributed by atoms with Crippen molar-refractivity contribution in [3.8, 4) is 0 Å². The van der Waals surface area contributed by atoms with Crippen LogP contribution in [-0.4, -0.2) is 32.6 Å². The topological polar surface area (TPSA) is 96.6 Å². The first kappa shape index (κ1) is 12.1. The summed E-state index contributed by atoms with van der Waals surface area (Å²) in [6, 6.07) is 1.39. The Morgan fingerprint density at radius 2 is 2.41 bits per heavy atom. The van der Waals surface area contributed by atoms with Crippen molar-refractivity contribution in [1.29, 1.82) is 0 Å². The maximum absolute atomic E-state index is 11.6. The molecule has 0 fully saturated rings. The number of ether oxygens (including phenoxy) is 1. The van der Waals surface area contributed by atoms with Gasteiger partial charge in [-0.1, -0.05) is 11.6 Å². The number of anilines is 1. The van der Waals surface area contributed by atoms with Crippen LogP contribution < -0.4 is 11.2 Å². The maximum Gasteiger partial charge on any atom is 0.352 e. The molecule has 0 spiro atoms. The molecular formula is C9H10ClN3O4. The van der Waals surface area contributed by atoms with Crippen LogP contribution in [0.15, 0.2) is 28.2 Å². The van der Waals surface area contributed by atoms with Crippen molar-refractivity contribution in [2.75, 3.05) is 12.1 Å². The first-order valence-corrected chi connectivity index (χ1v) is 5.16. The predicted molar refractivity (Wildman–Crippen MR) is 58.8 cm³/mol. The molecule has 7 nitrogen and oxygen atoms in total. The van der Waals surface area contributed by atoms with Gasteiger partial charge in [-0.25, -0.2) is 4.79 Å². The summed E-state index contributed by atoms with van der Waals surface area (Å²) in [5, 5.41) is 17.8. The van der Waals surface area contributed by atoms with Gasteiger partial charge in [0.2, 0.25) is 0 Å². The highest BCUT2D eigenvalue weighted by molar-refractivity contribution is 6.30. The largest absolute Gasteiger partial charge is 0.393 e. The number of aliphatic hydroxyl groups excluding tert-OH is 1. The summed E-state index contributed by atoms with van der Waals surface area (Å²) in [6.07, 6.45) is 1.59. The first-order chi connectivity index (χ1) is 8.15. The molecule has 0 bridgehead atoms. The van der Waals surface area contributed by atoms with E-state index in [1.807, 2.05) is 0 Å². The van der Waals surface area contributed by atoms with Gasteiger partial charge in [0, 0.05) is 6.20 Å². The molecule has 0 aromatic carbocycles. The van der Waals surface area contributed by atoms with E-state index in [-0.39, 0.29) is 12.4 Å². The highest BCUT2D eigenvalue weighted by Crippen LogP contribution is 2.30. The number of aromatic nitrogens is 2. The molecule has 1 aromatic heterocycles. The summed E-state index contributed by atoms with van der Waals surface area (Å²) in [7, 11) is 0. The molecular weight excluding hydrogens is 250 g/mol. The quantitative estimate of drug-likeness (QED) is 0.664. The maximum atomic E-state index is 11.6. The van der Waals surface area contributed by atoms with Gasteiger partial charge in [0.25, 0.3) is 0 Å². The Balaban J connectivity index is 2.30. The molecule has 3 N–H and O–H groups in total. The van der Waals surface area contributed by atoms with Crippen molar-refractivity contribution in [3.63, 3.8) is 0 Å². The van der Waals surface area contributed by atoms with Crippen LogP contribution in [0, 0.1) is 0 Å². The van der Waals surface area contributed by atoms with E-state index in [9.17, 15) is 4.79 Å². The number of rotatable bonds is 3. The smallest absolute Gasteiger partial charge is 0.352 e. The first-order valence-electron chi connectivity index (χ1n) is 4.78. The van der Waals surface area contributed by atoms with Crippen LogP contribution in [0.5, 0.6) is 0 Å². The standard InChI is InChI=1S/C9H10ClN3O4/c10-6-3-5(4-14)17-8(6)13-2-1-7(12-16)11-9(13)15/h1-3,5,8,14,16H,4H2,(H,11,12,15)/t5-,8+/m0/s1. The summed E-state index contributed by atoms with van der Waals surface area (Å²) < 4.78 is 6.49. The van der Waals surface area contributed by atoms with Gasteiger partial charge in [-0.15, -0.1) is 0 Å². The van der Waals surface area contributed by atoms with Crippen LogP contribution in [0.4, 0.5) is 5.82 Å². The van der Waals surface area contributed by atoms with E-state index in [0.717, 1.165) is 4.57 Å². The molecule has 0 amide bonds. The minimum Gasteiger partial charge on any atom is -0.393 e. The number of nitrogens with zero attached hydrogens (tertiary/aromatic N) is 2. The Hall–Kier alpha value is -1.41. The van der Waals surface area contributed by atoms with Gasteiger partial charge in [-0.3, -0.25) is 15.3 Å². The monoisotopic (exact) mass is 259 g/mol. The molecule has 0 unspecified atom stereocenters. The summed E-state index contributed by atoms with van der Waals surface area (Å²) in [6.45, 7) is -0.217. The van der Waals surface area contributed by atoms with Gasteiger partial charge in [-0.2, -0.15) is 4.98 Å². The second kappa shape index (κ2) is 4.84. The second-order valence-electron chi connectivity index (χ2n) is 3.38. The highest BCUT2D eigenvalue weighted by Gasteiger charge is 2.27. The van der Waals surface area contributed by atoms with Crippen molar-refractivity contribution in [2.45, 2.75) is 12.3 Å². The van der Waals surface area contributed by atoms with Crippen LogP contribution >= 0.6 is 11.6 Å². The molecule has 2 heterocycles. The lowest BCUT2D eigenvalue weighted by Crippen LogP contribution is -2.28. The Morgan fingerprint density at radius 3 is 2.94 bits per heavy atom. The lowest BCUT2D eigenvalue weighted by molar-refractivity contribution is -0.0118. The normalized spacial score (nSPS) is 23.6. The fourth-order valence-corrected chi connectivity index (χ4v) is 1.77. The van der Waals surface area contributed by atoms with Gasteiger partial charge in [0.05, 0.1) is 11.6 Å². The molecule has 0 radical (unpaired) electrons. The zero-order valence-corrected chi connectivity index (χ0v) is 9.33. The number of nitrogens with one attached hydrogen (secondary N) is 1. The minimum atomic E-state index is -0.790. The van der Waals surface area contributed by atoms with Crippen LogP contribution in [0.2, 0.25) is 0 Å². The molecule has 1 aromatic rings. The summed E-state index contributed by atoms with van der Waals surface area (Å²) in [4.78, 5) is 15.1. The SMILES string of the molecule is O=c1nc(NO)ccn1[C@@H]1O[C@H](CO)C=C1Cl. The third-order valence-corrected chi connectivity index (χ3v) is 2.57. The van der Waals surface area contributed by atoms with Gasteiger partial charge >= 0.3 is 5.69 Å². The van der Waals surface area contributed by atoms with Gasteiger partial charge in [0.15, 0.2) is 12.0 Å². The molecule has 0 aliphatic carbocycles. The second-order valence-corrected chi connectivity index (χ2v) is 3.81. The average molecular weight is 260 g/mol. The highest BCUT2D eigenvalue weighted by atomic mass is 35.5. The number of halogens is 1. The van der Waals surface area contributed by atoms with Crippen molar-refractivity contribution in [3.05, 3.63) is 33.9 Å². The molecule has 2 atom stereocenters. The van der Waals surface area contributed by atoms with E-state index in [4.69, 9.17) is 26.7 Å². The molecule has 2 rings (SSSR count). The predicted octanol–water partition coefficient (Wildman–Crippen LogP) is 0.0568. The molecule has 8 heteroatoms. The average Bonchev–Trinajstić information content (AvgIpc) is 2.70.